The molecule has 0 radical (unpaired) electrons. The van der Waals surface area contributed by atoms with Crippen molar-refractivity contribution in [2.75, 3.05) is 26.2 Å². The average molecular weight is 268 g/mol. The van der Waals surface area contributed by atoms with Gasteiger partial charge in [-0.2, -0.15) is 0 Å². The first kappa shape index (κ1) is 12.0. The van der Waals surface area contributed by atoms with Gasteiger partial charge in [-0.15, -0.1) is 0 Å². The molecule has 3 aliphatic heterocycles. The normalized spacial score (nSPS) is 22.3. The van der Waals surface area contributed by atoms with Crippen molar-refractivity contribution in [1.82, 2.24) is 20.2 Å². The molecule has 4 nitrogen and oxygen atoms in total. The number of piperazine rings is 1. The summed E-state index contributed by atoms with van der Waals surface area (Å²) in [5, 5.41) is 8.16. The lowest BCUT2D eigenvalue weighted by atomic mass is 10.1. The lowest BCUT2D eigenvalue weighted by Gasteiger charge is -2.37. The number of benzene rings is 1. The monoisotopic (exact) mass is 268 g/mol. The lowest BCUT2D eigenvalue weighted by Crippen LogP contribution is -2.50. The molecule has 20 heavy (non-hydrogen) atoms. The maximum Gasteiger partial charge on any atom is 0.123 e. The summed E-state index contributed by atoms with van der Waals surface area (Å²) in [5.74, 6) is 1.31. The maximum atomic E-state index is 3.41. The van der Waals surface area contributed by atoms with Crippen LogP contribution in [0.5, 0.6) is 0 Å². The maximum absolute atomic E-state index is 3.41. The van der Waals surface area contributed by atoms with Crippen molar-refractivity contribution in [3.8, 4) is 0 Å². The predicted octanol–water partition coefficient (Wildman–Crippen LogP) is 1.49. The molecule has 0 aliphatic carbocycles. The van der Waals surface area contributed by atoms with Gasteiger partial charge in [-0.3, -0.25) is 5.01 Å². The number of allylic oxidation sites excluding steroid dienone is 1. The third-order valence-electron chi connectivity index (χ3n) is 4.28. The molecule has 3 heterocycles. The van der Waals surface area contributed by atoms with E-state index in [2.05, 4.69) is 63.0 Å². The Kier molecular flexibility index (Phi) is 2.98. The van der Waals surface area contributed by atoms with Crippen LogP contribution in [0.3, 0.4) is 0 Å². The van der Waals surface area contributed by atoms with E-state index in [-0.39, 0.29) is 0 Å². The number of hydrogen-bond acceptors (Lipinski definition) is 4. The highest BCUT2D eigenvalue weighted by Crippen LogP contribution is 2.28. The van der Waals surface area contributed by atoms with E-state index in [0.717, 1.165) is 39.1 Å². The van der Waals surface area contributed by atoms with Gasteiger partial charge in [0, 0.05) is 45.1 Å². The summed E-state index contributed by atoms with van der Waals surface area (Å²) in [7, 11) is 0. The fourth-order valence-corrected chi connectivity index (χ4v) is 3.18. The molecular formula is C16H20N4. The number of fused-ring (bicyclic) bond motifs is 2. The summed E-state index contributed by atoms with van der Waals surface area (Å²) >= 11 is 0. The van der Waals surface area contributed by atoms with E-state index < -0.39 is 0 Å². The van der Waals surface area contributed by atoms with Gasteiger partial charge in [-0.25, -0.2) is 5.01 Å². The molecule has 0 aromatic heterocycles. The van der Waals surface area contributed by atoms with E-state index in [1.54, 1.807) is 0 Å². The van der Waals surface area contributed by atoms with Crippen LogP contribution in [-0.2, 0) is 13.0 Å². The summed E-state index contributed by atoms with van der Waals surface area (Å²) < 4.78 is 0. The highest BCUT2D eigenvalue weighted by Gasteiger charge is 2.27. The van der Waals surface area contributed by atoms with Gasteiger partial charge in [0.15, 0.2) is 0 Å². The number of rotatable bonds is 1. The van der Waals surface area contributed by atoms with Crippen LogP contribution < -0.4 is 5.32 Å². The van der Waals surface area contributed by atoms with Crippen molar-refractivity contribution in [1.29, 1.82) is 0 Å². The van der Waals surface area contributed by atoms with Crippen LogP contribution >= 0.6 is 0 Å². The first-order valence-corrected chi connectivity index (χ1v) is 7.38. The Morgan fingerprint density at radius 3 is 2.60 bits per heavy atom. The molecule has 1 saturated heterocycles. The van der Waals surface area contributed by atoms with Gasteiger partial charge in [0.05, 0.1) is 0 Å². The third kappa shape index (κ3) is 2.01. The van der Waals surface area contributed by atoms with Crippen LogP contribution in [0.25, 0.3) is 0 Å². The molecule has 0 spiro atoms. The summed E-state index contributed by atoms with van der Waals surface area (Å²) in [4.78, 5) is 2.36. The van der Waals surface area contributed by atoms with Crippen molar-refractivity contribution in [3.63, 3.8) is 0 Å². The third-order valence-corrected chi connectivity index (χ3v) is 4.28. The first-order chi connectivity index (χ1) is 9.92. The first-order valence-electron chi connectivity index (χ1n) is 7.38. The van der Waals surface area contributed by atoms with Crippen molar-refractivity contribution in [3.05, 3.63) is 59.7 Å². The highest BCUT2D eigenvalue weighted by atomic mass is 15.7. The van der Waals surface area contributed by atoms with Crippen LogP contribution in [0.4, 0.5) is 0 Å². The minimum Gasteiger partial charge on any atom is -0.328 e. The molecule has 0 saturated carbocycles. The SMILES string of the molecule is C1=CN(N2CCNCC2)C2=CCc3ccccc3CN12. The minimum atomic E-state index is 0.973. The summed E-state index contributed by atoms with van der Waals surface area (Å²) in [5.41, 5.74) is 2.88. The number of hydrazine groups is 1. The molecule has 1 aromatic rings. The second kappa shape index (κ2) is 4.96. The van der Waals surface area contributed by atoms with Gasteiger partial charge in [-0.1, -0.05) is 24.3 Å². The zero-order valence-electron chi connectivity index (χ0n) is 11.6. The Hall–Kier alpha value is -1.78. The van der Waals surface area contributed by atoms with Crippen LogP contribution in [0.15, 0.2) is 48.6 Å². The fraction of sp³-hybridized carbons (Fsp3) is 0.375. The molecule has 4 rings (SSSR count). The number of nitrogens with zero attached hydrogens (tertiary/aromatic N) is 3. The largest absolute Gasteiger partial charge is 0.328 e. The van der Waals surface area contributed by atoms with Crippen LogP contribution in [-0.4, -0.2) is 41.1 Å². The smallest absolute Gasteiger partial charge is 0.123 e. The zero-order chi connectivity index (χ0) is 13.4. The molecule has 104 valence electrons. The zero-order valence-corrected chi connectivity index (χ0v) is 11.6. The molecule has 0 bridgehead atoms. The molecule has 0 atom stereocenters. The molecule has 3 aliphatic rings. The molecule has 1 fully saturated rings. The predicted molar refractivity (Wildman–Crippen MR) is 79.2 cm³/mol. The van der Waals surface area contributed by atoms with E-state index in [9.17, 15) is 0 Å². The molecule has 0 unspecified atom stereocenters. The second-order valence-corrected chi connectivity index (χ2v) is 5.51. The Bertz CT molecular complexity index is 557. The van der Waals surface area contributed by atoms with Crippen molar-refractivity contribution in [2.45, 2.75) is 13.0 Å². The highest BCUT2D eigenvalue weighted by molar-refractivity contribution is 5.33. The van der Waals surface area contributed by atoms with Gasteiger partial charge in [0.2, 0.25) is 0 Å². The van der Waals surface area contributed by atoms with E-state index in [4.69, 9.17) is 0 Å². The number of nitrogens with one attached hydrogen (secondary N) is 1. The van der Waals surface area contributed by atoms with E-state index >= 15 is 0 Å². The Morgan fingerprint density at radius 1 is 0.950 bits per heavy atom. The average Bonchev–Trinajstić information content (AvgIpc) is 2.81. The van der Waals surface area contributed by atoms with Crippen LogP contribution in [0, 0.1) is 0 Å². The van der Waals surface area contributed by atoms with Crippen molar-refractivity contribution >= 4 is 0 Å². The van der Waals surface area contributed by atoms with E-state index in [1.165, 1.54) is 16.9 Å². The van der Waals surface area contributed by atoms with Gasteiger partial charge in [0.25, 0.3) is 0 Å². The van der Waals surface area contributed by atoms with Crippen molar-refractivity contribution in [2.24, 2.45) is 0 Å². The van der Waals surface area contributed by atoms with Gasteiger partial charge in [-0.05, 0) is 23.6 Å². The molecular weight excluding hydrogens is 248 g/mol. The van der Waals surface area contributed by atoms with E-state index in [0.29, 0.717) is 0 Å². The standard InChI is InChI=1S/C16H20N4/c1-2-4-15-13-18-11-12-20(19-9-7-17-8-10-19)16(18)6-5-14(15)3-1/h1-4,6,11-12,17H,5,7-10,13H2. The second-order valence-electron chi connectivity index (χ2n) is 5.51. The van der Waals surface area contributed by atoms with Gasteiger partial charge < -0.3 is 10.2 Å². The Morgan fingerprint density at radius 2 is 1.75 bits per heavy atom. The molecule has 1 N–H and O–H groups in total. The van der Waals surface area contributed by atoms with Crippen LogP contribution in [0.2, 0.25) is 0 Å². The molecule has 0 amide bonds. The van der Waals surface area contributed by atoms with Crippen LogP contribution in [0.1, 0.15) is 11.1 Å². The van der Waals surface area contributed by atoms with Gasteiger partial charge in [0.1, 0.15) is 5.82 Å². The summed E-state index contributed by atoms with van der Waals surface area (Å²) in [6, 6.07) is 8.76. The molecule has 4 heteroatoms. The number of hydrogen-bond donors (Lipinski definition) is 1. The summed E-state index contributed by atoms with van der Waals surface area (Å²) in [6.45, 7) is 5.25. The lowest BCUT2D eigenvalue weighted by molar-refractivity contribution is 0.0313. The summed E-state index contributed by atoms with van der Waals surface area (Å²) in [6.07, 6.45) is 7.78. The fourth-order valence-electron chi connectivity index (χ4n) is 3.18. The topological polar surface area (TPSA) is 21.8 Å². The molecule has 1 aromatic carbocycles. The van der Waals surface area contributed by atoms with Crippen molar-refractivity contribution < 1.29 is 0 Å². The Balaban J connectivity index is 1.60. The quantitative estimate of drug-likeness (QED) is 0.833. The minimum absolute atomic E-state index is 0.973. The Labute approximate surface area is 119 Å². The van der Waals surface area contributed by atoms with Gasteiger partial charge >= 0.3 is 0 Å². The van der Waals surface area contributed by atoms with E-state index in [1.807, 2.05) is 0 Å².